The molecule has 0 N–H and O–H groups in total. The minimum absolute atomic E-state index is 0.745. The van der Waals surface area contributed by atoms with Crippen LogP contribution < -0.4 is 0 Å². The average molecular weight is 328 g/mol. The van der Waals surface area contributed by atoms with Gasteiger partial charge in [0.2, 0.25) is 0 Å². The maximum Gasteiger partial charge on any atom is 0.0557 e. The van der Waals surface area contributed by atoms with E-state index >= 15 is 0 Å². The fraction of sp³-hybridized carbons (Fsp3) is 0.316. The van der Waals surface area contributed by atoms with Gasteiger partial charge in [-0.3, -0.25) is 9.91 Å². The molecule has 0 atom stereocenters. The summed E-state index contributed by atoms with van der Waals surface area (Å²) in [5.74, 6) is 0. The van der Waals surface area contributed by atoms with Crippen LogP contribution in [-0.2, 0) is 6.54 Å². The third-order valence-electron chi connectivity index (χ3n) is 4.14. The lowest BCUT2D eigenvalue weighted by Gasteiger charge is -2.33. The molecule has 0 radical (unpaired) electrons. The number of hydrogen-bond acceptors (Lipinski definition) is 3. The first-order valence-corrected chi connectivity index (χ1v) is 8.40. The Kier molecular flexibility index (Phi) is 5.31. The molecule has 3 rings (SSSR count). The topological polar surface area (TPSA) is 18.8 Å². The van der Waals surface area contributed by atoms with Crippen molar-refractivity contribution in [3.63, 3.8) is 0 Å². The molecule has 2 aromatic rings. The van der Waals surface area contributed by atoms with Crippen molar-refractivity contribution < 1.29 is 0 Å². The molecule has 2 aromatic carbocycles. The summed E-state index contributed by atoms with van der Waals surface area (Å²) < 4.78 is 0. The molecular formula is C19H22ClN3. The average Bonchev–Trinajstić information content (AvgIpc) is 2.58. The highest BCUT2D eigenvalue weighted by Gasteiger charge is 2.15. The van der Waals surface area contributed by atoms with Gasteiger partial charge in [0.05, 0.1) is 6.21 Å². The maximum absolute atomic E-state index is 6.15. The molecule has 0 spiro atoms. The molecule has 0 amide bonds. The van der Waals surface area contributed by atoms with Crippen molar-refractivity contribution in [2.24, 2.45) is 5.10 Å². The van der Waals surface area contributed by atoms with Gasteiger partial charge in [-0.05, 0) is 18.6 Å². The molecule has 1 aliphatic heterocycles. The van der Waals surface area contributed by atoms with Crippen LogP contribution in [0.3, 0.4) is 0 Å². The first kappa shape index (κ1) is 16.0. The molecule has 0 aliphatic carbocycles. The lowest BCUT2D eigenvalue weighted by Crippen LogP contribution is -2.43. The predicted octanol–water partition coefficient (Wildman–Crippen LogP) is 3.80. The molecule has 1 fully saturated rings. The Balaban J connectivity index is 1.50. The second kappa shape index (κ2) is 7.62. The third-order valence-corrected chi connectivity index (χ3v) is 4.49. The molecule has 0 unspecified atom stereocenters. The standard InChI is InChI=1S/C19H22ClN3/c1-16-6-8-17(9-7-16)15-22-10-12-23(13-11-22)21-14-18-4-2-3-5-19(18)20/h2-9,14H,10-13,15H2,1H3. The van der Waals surface area contributed by atoms with E-state index in [1.165, 1.54) is 11.1 Å². The third kappa shape index (κ3) is 4.57. The van der Waals surface area contributed by atoms with Crippen molar-refractivity contribution in [2.75, 3.05) is 26.2 Å². The molecule has 3 nitrogen and oxygen atoms in total. The minimum Gasteiger partial charge on any atom is -0.295 e. The number of halogens is 1. The molecule has 1 saturated heterocycles. The molecule has 1 aliphatic rings. The predicted molar refractivity (Wildman–Crippen MR) is 97.1 cm³/mol. The molecule has 0 saturated carbocycles. The van der Waals surface area contributed by atoms with Crippen LogP contribution in [0.15, 0.2) is 53.6 Å². The summed E-state index contributed by atoms with van der Waals surface area (Å²) in [6, 6.07) is 16.6. The zero-order valence-electron chi connectivity index (χ0n) is 13.5. The second-order valence-corrected chi connectivity index (χ2v) is 6.39. The van der Waals surface area contributed by atoms with E-state index in [1.807, 2.05) is 30.5 Å². The van der Waals surface area contributed by atoms with Crippen LogP contribution in [0.1, 0.15) is 16.7 Å². The van der Waals surface area contributed by atoms with Crippen molar-refractivity contribution in [3.8, 4) is 0 Å². The zero-order valence-corrected chi connectivity index (χ0v) is 14.2. The summed E-state index contributed by atoms with van der Waals surface area (Å²) in [7, 11) is 0. The van der Waals surface area contributed by atoms with Gasteiger partial charge in [-0.25, -0.2) is 0 Å². The van der Waals surface area contributed by atoms with Crippen molar-refractivity contribution in [1.82, 2.24) is 9.91 Å². The van der Waals surface area contributed by atoms with Crippen molar-refractivity contribution in [2.45, 2.75) is 13.5 Å². The Hall–Kier alpha value is -1.84. The largest absolute Gasteiger partial charge is 0.295 e. The second-order valence-electron chi connectivity index (χ2n) is 5.98. The van der Waals surface area contributed by atoms with E-state index in [4.69, 9.17) is 11.6 Å². The summed E-state index contributed by atoms with van der Waals surface area (Å²) in [6.45, 7) is 7.11. The van der Waals surface area contributed by atoms with E-state index in [1.54, 1.807) is 0 Å². The number of benzene rings is 2. The summed E-state index contributed by atoms with van der Waals surface area (Å²) in [5, 5.41) is 7.43. The van der Waals surface area contributed by atoms with Crippen molar-refractivity contribution >= 4 is 17.8 Å². The van der Waals surface area contributed by atoms with E-state index in [-0.39, 0.29) is 0 Å². The summed E-state index contributed by atoms with van der Waals surface area (Å²) in [5.41, 5.74) is 3.66. The van der Waals surface area contributed by atoms with Crippen LogP contribution in [0.25, 0.3) is 0 Å². The number of rotatable bonds is 4. The summed E-state index contributed by atoms with van der Waals surface area (Å²) in [4.78, 5) is 2.48. The molecule has 120 valence electrons. The SMILES string of the molecule is Cc1ccc(CN2CCN(N=Cc3ccccc3Cl)CC2)cc1. The molecule has 0 bridgehead atoms. The van der Waals surface area contributed by atoms with Crippen LogP contribution in [0.5, 0.6) is 0 Å². The Morgan fingerprint density at radius 3 is 2.39 bits per heavy atom. The van der Waals surface area contributed by atoms with Crippen molar-refractivity contribution in [3.05, 3.63) is 70.2 Å². The molecule has 1 heterocycles. The molecular weight excluding hydrogens is 306 g/mol. The van der Waals surface area contributed by atoms with E-state index in [0.29, 0.717) is 0 Å². The first-order chi connectivity index (χ1) is 11.2. The molecule has 23 heavy (non-hydrogen) atoms. The fourth-order valence-corrected chi connectivity index (χ4v) is 2.87. The van der Waals surface area contributed by atoms with E-state index in [9.17, 15) is 0 Å². The van der Waals surface area contributed by atoms with Gasteiger partial charge < -0.3 is 0 Å². The monoisotopic (exact) mass is 327 g/mol. The highest BCUT2D eigenvalue weighted by Crippen LogP contribution is 2.13. The number of aryl methyl sites for hydroxylation is 1. The molecule has 4 heteroatoms. The minimum atomic E-state index is 0.745. The smallest absolute Gasteiger partial charge is 0.0557 e. The van der Waals surface area contributed by atoms with Gasteiger partial charge in [-0.2, -0.15) is 5.10 Å². The van der Waals surface area contributed by atoms with E-state index in [0.717, 1.165) is 43.3 Å². The maximum atomic E-state index is 6.15. The Morgan fingerprint density at radius 1 is 1.00 bits per heavy atom. The Labute approximate surface area is 143 Å². The zero-order chi connectivity index (χ0) is 16.1. The number of nitrogens with zero attached hydrogens (tertiary/aromatic N) is 3. The van der Waals surface area contributed by atoms with Gasteiger partial charge in [0.25, 0.3) is 0 Å². The van der Waals surface area contributed by atoms with Gasteiger partial charge in [-0.15, -0.1) is 0 Å². The van der Waals surface area contributed by atoms with Crippen LogP contribution in [0, 0.1) is 6.92 Å². The highest BCUT2D eigenvalue weighted by molar-refractivity contribution is 6.33. The molecule has 0 aromatic heterocycles. The summed E-state index contributed by atoms with van der Waals surface area (Å²) >= 11 is 6.15. The number of hydrazone groups is 1. The first-order valence-electron chi connectivity index (χ1n) is 8.02. The van der Waals surface area contributed by atoms with Gasteiger partial charge >= 0.3 is 0 Å². The quantitative estimate of drug-likeness (QED) is 0.795. The Morgan fingerprint density at radius 2 is 1.70 bits per heavy atom. The van der Waals surface area contributed by atoms with E-state index in [2.05, 4.69) is 46.2 Å². The van der Waals surface area contributed by atoms with Crippen LogP contribution in [0.2, 0.25) is 5.02 Å². The normalized spacial score (nSPS) is 16.2. The van der Waals surface area contributed by atoms with Crippen molar-refractivity contribution in [1.29, 1.82) is 0 Å². The van der Waals surface area contributed by atoms with Gasteiger partial charge in [0, 0.05) is 43.3 Å². The summed E-state index contributed by atoms with van der Waals surface area (Å²) in [6.07, 6.45) is 1.86. The fourth-order valence-electron chi connectivity index (χ4n) is 2.69. The lowest BCUT2D eigenvalue weighted by atomic mass is 10.1. The van der Waals surface area contributed by atoms with Gasteiger partial charge in [-0.1, -0.05) is 59.6 Å². The van der Waals surface area contributed by atoms with Gasteiger partial charge in [0.1, 0.15) is 0 Å². The highest BCUT2D eigenvalue weighted by atomic mass is 35.5. The van der Waals surface area contributed by atoms with Gasteiger partial charge in [0.15, 0.2) is 0 Å². The Bertz CT molecular complexity index is 659. The lowest BCUT2D eigenvalue weighted by molar-refractivity contribution is 0.131. The van der Waals surface area contributed by atoms with Crippen LogP contribution in [-0.4, -0.2) is 42.3 Å². The van der Waals surface area contributed by atoms with Crippen LogP contribution >= 0.6 is 11.6 Å². The van der Waals surface area contributed by atoms with Crippen LogP contribution in [0.4, 0.5) is 0 Å². The number of hydrogen-bond donors (Lipinski definition) is 0. The van der Waals surface area contributed by atoms with E-state index < -0.39 is 0 Å². The number of piperazine rings is 1.